The Morgan fingerprint density at radius 1 is 0.256 bits per heavy atom. The molecule has 0 N–H and O–H groups in total. The third-order valence-corrected chi connectivity index (χ3v) is 15.7. The minimum absolute atomic E-state index is 0.0950. The zero-order valence-electron chi connectivity index (χ0n) is 54.5. The van der Waals surface area contributed by atoms with E-state index in [0.29, 0.717) is 19.3 Å². The van der Waals surface area contributed by atoms with Crippen molar-refractivity contribution in [2.24, 2.45) is 0 Å². The highest BCUT2D eigenvalue weighted by Crippen LogP contribution is 2.18. The van der Waals surface area contributed by atoms with Crippen molar-refractivity contribution in [3.63, 3.8) is 0 Å². The number of rotatable bonds is 65. The Morgan fingerprint density at radius 3 is 0.732 bits per heavy atom. The third-order valence-electron chi connectivity index (χ3n) is 15.7. The van der Waals surface area contributed by atoms with Gasteiger partial charge in [0.05, 0.1) is 0 Å². The highest BCUT2D eigenvalue weighted by Gasteiger charge is 2.19. The summed E-state index contributed by atoms with van der Waals surface area (Å²) in [4.78, 5) is 38.4. The fourth-order valence-electron chi connectivity index (χ4n) is 10.4. The number of allylic oxidation sites excluding steroid dienone is 14. The molecular weight excluding hydrogens is 1010 g/mol. The number of esters is 3. The highest BCUT2D eigenvalue weighted by molar-refractivity contribution is 5.71. The second-order valence-electron chi connectivity index (χ2n) is 23.8. The monoisotopic (exact) mass is 1140 g/mol. The van der Waals surface area contributed by atoms with Crippen molar-refractivity contribution in [3.05, 3.63) is 85.1 Å². The van der Waals surface area contributed by atoms with E-state index >= 15 is 0 Å². The van der Waals surface area contributed by atoms with Gasteiger partial charge in [-0.2, -0.15) is 0 Å². The van der Waals surface area contributed by atoms with Crippen molar-refractivity contribution in [3.8, 4) is 0 Å². The molecule has 0 spiro atoms. The third kappa shape index (κ3) is 67.4. The van der Waals surface area contributed by atoms with Crippen molar-refractivity contribution in [2.75, 3.05) is 13.2 Å². The molecule has 0 aliphatic carbocycles. The van der Waals surface area contributed by atoms with Crippen LogP contribution in [0.4, 0.5) is 0 Å². The molecule has 0 saturated carbocycles. The maximum Gasteiger partial charge on any atom is 0.306 e. The molecule has 474 valence electrons. The van der Waals surface area contributed by atoms with Gasteiger partial charge in [0.25, 0.3) is 0 Å². The van der Waals surface area contributed by atoms with Crippen LogP contribution in [0, 0.1) is 0 Å². The Hall–Kier alpha value is -3.41. The Balaban J connectivity index is 4.39. The first kappa shape index (κ1) is 78.6. The first-order chi connectivity index (χ1) is 40.5. The molecule has 0 rings (SSSR count). The minimum Gasteiger partial charge on any atom is -0.462 e. The largest absolute Gasteiger partial charge is 0.462 e. The fourth-order valence-corrected chi connectivity index (χ4v) is 10.4. The van der Waals surface area contributed by atoms with E-state index in [2.05, 4.69) is 106 Å². The van der Waals surface area contributed by atoms with Gasteiger partial charge < -0.3 is 14.2 Å². The second-order valence-corrected chi connectivity index (χ2v) is 23.8. The molecule has 0 aliphatic heterocycles. The van der Waals surface area contributed by atoms with Gasteiger partial charge in [-0.3, -0.25) is 14.4 Å². The fraction of sp³-hybridized carbons (Fsp3) is 0.776. The van der Waals surface area contributed by atoms with E-state index in [1.54, 1.807) is 0 Å². The van der Waals surface area contributed by atoms with Crippen molar-refractivity contribution in [1.82, 2.24) is 0 Å². The Morgan fingerprint density at radius 2 is 0.476 bits per heavy atom. The van der Waals surface area contributed by atoms with Crippen LogP contribution in [0.2, 0.25) is 0 Å². The van der Waals surface area contributed by atoms with Crippen molar-refractivity contribution < 1.29 is 28.6 Å². The standard InChI is InChI=1S/C76H134O6/c1-4-7-10-13-16-19-22-25-28-31-33-35-37-38-40-41-43-45-48-51-54-57-60-63-66-69-75(78)81-72-73(71-80-74(77)68-65-62-59-56-53-50-47-30-27-24-21-18-15-12-9-6-3)82-76(79)70-67-64-61-58-55-52-49-46-44-42-39-36-34-32-29-26-23-20-17-14-11-8-5-2/h8,11,17,20,26,29,34,36,42,44,49,52,58,61,73H,4-7,9-10,12-16,18-19,21-25,27-28,30-33,35,37-41,43,45-48,50-51,53-57,59-60,62-72H2,1-3H3/b11-8-,20-17-,29-26-,36-34-,44-42-,52-49-,61-58-. The average molecular weight is 1140 g/mol. The summed E-state index contributed by atoms with van der Waals surface area (Å²) in [6.45, 7) is 6.54. The smallest absolute Gasteiger partial charge is 0.306 e. The van der Waals surface area contributed by atoms with Gasteiger partial charge in [-0.1, -0.05) is 356 Å². The van der Waals surface area contributed by atoms with E-state index in [-0.39, 0.29) is 37.5 Å². The molecule has 1 atom stereocenters. The number of hydrogen-bond donors (Lipinski definition) is 0. The summed E-state index contributed by atoms with van der Waals surface area (Å²) in [5.74, 6) is -0.933. The molecule has 0 bridgehead atoms. The van der Waals surface area contributed by atoms with Crippen LogP contribution in [-0.4, -0.2) is 37.2 Å². The van der Waals surface area contributed by atoms with Crippen molar-refractivity contribution >= 4 is 17.9 Å². The summed E-state index contributed by atoms with van der Waals surface area (Å²) < 4.78 is 16.9. The first-order valence-electron chi connectivity index (χ1n) is 35.6. The van der Waals surface area contributed by atoms with Gasteiger partial charge in [-0.15, -0.1) is 0 Å². The van der Waals surface area contributed by atoms with E-state index < -0.39 is 6.10 Å². The van der Waals surface area contributed by atoms with E-state index in [1.807, 2.05) is 0 Å². The van der Waals surface area contributed by atoms with Gasteiger partial charge in [0, 0.05) is 19.3 Å². The van der Waals surface area contributed by atoms with E-state index in [0.717, 1.165) is 89.9 Å². The molecule has 0 saturated heterocycles. The van der Waals surface area contributed by atoms with Gasteiger partial charge in [-0.05, 0) is 70.6 Å². The highest BCUT2D eigenvalue weighted by atomic mass is 16.6. The van der Waals surface area contributed by atoms with E-state index in [1.165, 1.54) is 225 Å². The van der Waals surface area contributed by atoms with Crippen LogP contribution >= 0.6 is 0 Å². The Labute approximate surface area is 509 Å². The topological polar surface area (TPSA) is 78.9 Å². The SMILES string of the molecule is CC/C=C\C/C=C\C/C=C\C/C=C\C/C=C\C/C=C\C/C=C\CCCC(=O)OC(COC(=O)CCCCCCCCCCCCCCCCCC)COC(=O)CCCCCCCCCCCCCCCCCCCCCCCCCCC. The van der Waals surface area contributed by atoms with Crippen LogP contribution < -0.4 is 0 Å². The predicted octanol–water partition coefficient (Wildman–Crippen LogP) is 24.6. The van der Waals surface area contributed by atoms with Crippen LogP contribution in [0.1, 0.15) is 361 Å². The summed E-state index contributed by atoms with van der Waals surface area (Å²) in [6, 6.07) is 0. The van der Waals surface area contributed by atoms with Gasteiger partial charge in [0.1, 0.15) is 13.2 Å². The number of unbranched alkanes of at least 4 members (excludes halogenated alkanes) is 40. The number of carbonyl (C=O) groups excluding carboxylic acids is 3. The quantitative estimate of drug-likeness (QED) is 0.0261. The molecule has 6 heteroatoms. The molecule has 1 unspecified atom stereocenters. The number of ether oxygens (including phenoxy) is 3. The van der Waals surface area contributed by atoms with Crippen LogP contribution in [0.3, 0.4) is 0 Å². The molecule has 82 heavy (non-hydrogen) atoms. The maximum atomic E-state index is 12.9. The molecule has 0 fully saturated rings. The minimum atomic E-state index is -0.807. The summed E-state index contributed by atoms with van der Waals surface area (Å²) in [7, 11) is 0. The molecule has 0 aromatic rings. The number of hydrogen-bond acceptors (Lipinski definition) is 6. The van der Waals surface area contributed by atoms with Gasteiger partial charge >= 0.3 is 17.9 Å². The van der Waals surface area contributed by atoms with E-state index in [4.69, 9.17) is 14.2 Å². The summed E-state index contributed by atoms with van der Waals surface area (Å²) in [5.41, 5.74) is 0. The molecule has 0 heterocycles. The summed E-state index contributed by atoms with van der Waals surface area (Å²) >= 11 is 0. The number of carbonyl (C=O) groups is 3. The molecule has 0 aromatic heterocycles. The zero-order chi connectivity index (χ0) is 59.2. The maximum absolute atomic E-state index is 12.9. The zero-order valence-corrected chi connectivity index (χ0v) is 54.5. The second kappa shape index (κ2) is 70.1. The van der Waals surface area contributed by atoms with Gasteiger partial charge in [0.2, 0.25) is 0 Å². The van der Waals surface area contributed by atoms with Crippen LogP contribution in [0.5, 0.6) is 0 Å². The lowest BCUT2D eigenvalue weighted by molar-refractivity contribution is -0.167. The lowest BCUT2D eigenvalue weighted by atomic mass is 10.0. The molecule has 0 radical (unpaired) electrons. The van der Waals surface area contributed by atoms with E-state index in [9.17, 15) is 14.4 Å². The molecular formula is C76H134O6. The molecule has 0 amide bonds. The van der Waals surface area contributed by atoms with Gasteiger partial charge in [0.15, 0.2) is 6.10 Å². The summed E-state index contributed by atoms with van der Waals surface area (Å²) in [6.07, 6.45) is 93.3. The first-order valence-corrected chi connectivity index (χ1v) is 35.6. The Kier molecular flexibility index (Phi) is 67.2. The normalized spacial score (nSPS) is 12.6. The molecule has 0 aliphatic rings. The van der Waals surface area contributed by atoms with Crippen LogP contribution in [0.25, 0.3) is 0 Å². The summed E-state index contributed by atoms with van der Waals surface area (Å²) in [5, 5.41) is 0. The molecule has 0 aromatic carbocycles. The van der Waals surface area contributed by atoms with Crippen LogP contribution in [0.15, 0.2) is 85.1 Å². The average Bonchev–Trinajstić information content (AvgIpc) is 3.47. The lowest BCUT2D eigenvalue weighted by Gasteiger charge is -2.18. The Bertz CT molecular complexity index is 1550. The van der Waals surface area contributed by atoms with Crippen LogP contribution in [-0.2, 0) is 28.6 Å². The van der Waals surface area contributed by atoms with Crippen molar-refractivity contribution in [2.45, 2.75) is 367 Å². The van der Waals surface area contributed by atoms with Gasteiger partial charge in [-0.25, -0.2) is 0 Å². The predicted molar refractivity (Wildman–Crippen MR) is 358 cm³/mol. The van der Waals surface area contributed by atoms with Crippen molar-refractivity contribution in [1.29, 1.82) is 0 Å². The molecule has 6 nitrogen and oxygen atoms in total. The lowest BCUT2D eigenvalue weighted by Crippen LogP contribution is -2.30.